The van der Waals surface area contributed by atoms with E-state index in [2.05, 4.69) is 191 Å². The van der Waals surface area contributed by atoms with Crippen LogP contribution in [-0.4, -0.2) is 24.1 Å². The Bertz CT molecular complexity index is 3380. The quantitative estimate of drug-likeness (QED) is 0.176. The average molecular weight is 746 g/mol. The van der Waals surface area contributed by atoms with Crippen LogP contribution in [0.5, 0.6) is 0 Å². The summed E-state index contributed by atoms with van der Waals surface area (Å²) >= 11 is 1.83. The highest BCUT2D eigenvalue weighted by Crippen LogP contribution is 2.49. The van der Waals surface area contributed by atoms with Gasteiger partial charge in [0.25, 0.3) is 0 Å². The largest absolute Gasteiger partial charge is 0.293 e. The molecule has 0 amide bonds. The van der Waals surface area contributed by atoms with Crippen molar-refractivity contribution in [3.63, 3.8) is 0 Å². The van der Waals surface area contributed by atoms with Gasteiger partial charge in [-0.05, 0) is 69.4 Å². The van der Waals surface area contributed by atoms with Crippen molar-refractivity contribution >= 4 is 55.4 Å². The van der Waals surface area contributed by atoms with Gasteiger partial charge in [-0.15, -0.1) is 0 Å². The van der Waals surface area contributed by atoms with E-state index in [1.807, 2.05) is 17.8 Å². The first-order valence-electron chi connectivity index (χ1n) is 19.1. The standard InChI is InChI=1S/C51H31N5S/c1-2-12-32(13-3-1)37-16-10-17-39(31-37)49-52-48(35-27-24-34(25-28-35)38-29-26-33-14-4-5-15-36(33)30-38)53-51(54-49)56-42-20-7-6-18-40(42)46-41-19-11-23-45-47(41)55(50(46)56)43-21-8-9-22-44(43)57-45/h1-31H. The van der Waals surface area contributed by atoms with E-state index in [9.17, 15) is 0 Å². The number of fused-ring (bicyclic) bond motifs is 8. The molecule has 0 saturated heterocycles. The molecular formula is C51H31N5S. The molecule has 0 bridgehead atoms. The first kappa shape index (κ1) is 32.0. The Labute approximate surface area is 332 Å². The molecule has 0 saturated carbocycles. The maximum atomic E-state index is 5.36. The van der Waals surface area contributed by atoms with Gasteiger partial charge in [0.2, 0.25) is 5.95 Å². The summed E-state index contributed by atoms with van der Waals surface area (Å²) in [6.07, 6.45) is 0. The normalized spacial score (nSPS) is 12.1. The fourth-order valence-electron chi connectivity index (χ4n) is 8.50. The maximum absolute atomic E-state index is 5.36. The van der Waals surface area contributed by atoms with Gasteiger partial charge in [0.15, 0.2) is 11.6 Å². The highest BCUT2D eigenvalue weighted by Gasteiger charge is 2.29. The highest BCUT2D eigenvalue weighted by atomic mass is 32.2. The van der Waals surface area contributed by atoms with Crippen molar-refractivity contribution in [3.05, 3.63) is 188 Å². The molecule has 4 heterocycles. The summed E-state index contributed by atoms with van der Waals surface area (Å²) in [5, 5.41) is 6.02. The zero-order chi connectivity index (χ0) is 37.5. The minimum Gasteiger partial charge on any atom is -0.293 e. The molecule has 1 aliphatic heterocycles. The lowest BCUT2D eigenvalue weighted by molar-refractivity contribution is 0.927. The fourth-order valence-corrected chi connectivity index (χ4v) is 9.59. The van der Waals surface area contributed by atoms with Gasteiger partial charge in [0.05, 0.1) is 16.7 Å². The summed E-state index contributed by atoms with van der Waals surface area (Å²) in [5.41, 5.74) is 10.8. The minimum atomic E-state index is 0.571. The second-order valence-corrected chi connectivity index (χ2v) is 15.6. The van der Waals surface area contributed by atoms with Crippen LogP contribution in [0.2, 0.25) is 0 Å². The number of nitrogens with zero attached hydrogens (tertiary/aromatic N) is 5. The van der Waals surface area contributed by atoms with Gasteiger partial charge in [0.1, 0.15) is 5.65 Å². The monoisotopic (exact) mass is 745 g/mol. The molecular weight excluding hydrogens is 715 g/mol. The smallest absolute Gasteiger partial charge is 0.239 e. The van der Waals surface area contributed by atoms with E-state index in [1.165, 1.54) is 42.4 Å². The molecule has 266 valence electrons. The van der Waals surface area contributed by atoms with Crippen molar-refractivity contribution in [1.82, 2.24) is 24.1 Å². The number of aromatic nitrogens is 5. The van der Waals surface area contributed by atoms with Crippen molar-refractivity contribution in [3.8, 4) is 56.7 Å². The molecule has 0 N–H and O–H groups in total. The summed E-state index contributed by atoms with van der Waals surface area (Å²) in [6, 6.07) is 66.6. The van der Waals surface area contributed by atoms with E-state index >= 15 is 0 Å². The fraction of sp³-hybridized carbons (Fsp3) is 0. The van der Waals surface area contributed by atoms with E-state index in [0.29, 0.717) is 17.6 Å². The molecule has 1 aliphatic rings. The third-order valence-electron chi connectivity index (χ3n) is 11.2. The number of rotatable bonds is 5. The van der Waals surface area contributed by atoms with Gasteiger partial charge in [-0.25, -0.2) is 4.98 Å². The molecule has 0 spiro atoms. The minimum absolute atomic E-state index is 0.571. The average Bonchev–Trinajstić information content (AvgIpc) is 3.81. The zero-order valence-corrected chi connectivity index (χ0v) is 31.4. The van der Waals surface area contributed by atoms with Crippen LogP contribution in [0.3, 0.4) is 0 Å². The zero-order valence-electron chi connectivity index (χ0n) is 30.5. The first-order chi connectivity index (χ1) is 28.2. The predicted molar refractivity (Wildman–Crippen MR) is 234 cm³/mol. The van der Waals surface area contributed by atoms with Gasteiger partial charge in [-0.3, -0.25) is 9.13 Å². The lowest BCUT2D eigenvalue weighted by Crippen LogP contribution is -2.10. The molecule has 8 aromatic carbocycles. The second-order valence-electron chi connectivity index (χ2n) is 14.5. The van der Waals surface area contributed by atoms with E-state index in [4.69, 9.17) is 15.0 Å². The highest BCUT2D eigenvalue weighted by molar-refractivity contribution is 7.99. The van der Waals surface area contributed by atoms with Crippen molar-refractivity contribution < 1.29 is 0 Å². The number of para-hydroxylation sites is 3. The number of benzene rings is 8. The van der Waals surface area contributed by atoms with Crippen LogP contribution in [0.1, 0.15) is 0 Å². The molecule has 0 atom stereocenters. The van der Waals surface area contributed by atoms with Crippen LogP contribution in [0.25, 0.3) is 100 Å². The van der Waals surface area contributed by atoms with Crippen LogP contribution in [0, 0.1) is 0 Å². The Balaban J connectivity index is 1.11. The summed E-state index contributed by atoms with van der Waals surface area (Å²) in [5.74, 6) is 1.80. The third-order valence-corrected chi connectivity index (χ3v) is 12.3. The third kappa shape index (κ3) is 5.08. The van der Waals surface area contributed by atoms with Crippen LogP contribution in [0.15, 0.2) is 198 Å². The summed E-state index contributed by atoms with van der Waals surface area (Å²) in [4.78, 5) is 18.4. The van der Waals surface area contributed by atoms with Crippen molar-refractivity contribution in [2.75, 3.05) is 0 Å². The van der Waals surface area contributed by atoms with Gasteiger partial charge in [-0.1, -0.05) is 163 Å². The Morgan fingerprint density at radius 3 is 1.89 bits per heavy atom. The molecule has 0 fully saturated rings. The van der Waals surface area contributed by atoms with Crippen molar-refractivity contribution in [2.24, 2.45) is 0 Å². The Hall–Kier alpha value is -7.28. The molecule has 0 aliphatic carbocycles. The molecule has 12 rings (SSSR count). The van der Waals surface area contributed by atoms with Crippen LogP contribution in [-0.2, 0) is 0 Å². The number of hydrogen-bond donors (Lipinski definition) is 0. The molecule has 6 heteroatoms. The lowest BCUT2D eigenvalue weighted by atomic mass is 10.00. The van der Waals surface area contributed by atoms with Crippen molar-refractivity contribution in [1.29, 1.82) is 0 Å². The van der Waals surface area contributed by atoms with E-state index in [0.717, 1.165) is 50.1 Å². The van der Waals surface area contributed by atoms with E-state index in [-0.39, 0.29) is 0 Å². The van der Waals surface area contributed by atoms with E-state index < -0.39 is 0 Å². The van der Waals surface area contributed by atoms with Gasteiger partial charge in [-0.2, -0.15) is 9.97 Å². The molecule has 3 aromatic heterocycles. The topological polar surface area (TPSA) is 48.5 Å². The predicted octanol–water partition coefficient (Wildman–Crippen LogP) is 13.2. The SMILES string of the molecule is c1ccc(-c2cccc(-c3nc(-c4ccc(-c5ccc6ccccc6c5)cc4)nc(-n4c5ccccc5c5c6cccc7c6n(c54)-c4ccccc4S7)n3)c2)cc1. The van der Waals surface area contributed by atoms with Crippen LogP contribution < -0.4 is 0 Å². The first-order valence-corrected chi connectivity index (χ1v) is 19.9. The molecule has 11 aromatic rings. The molecule has 57 heavy (non-hydrogen) atoms. The Morgan fingerprint density at radius 2 is 1.00 bits per heavy atom. The maximum Gasteiger partial charge on any atom is 0.239 e. The summed E-state index contributed by atoms with van der Waals surface area (Å²) in [6.45, 7) is 0. The molecule has 0 radical (unpaired) electrons. The van der Waals surface area contributed by atoms with Crippen molar-refractivity contribution in [2.45, 2.75) is 9.79 Å². The van der Waals surface area contributed by atoms with E-state index in [1.54, 1.807) is 0 Å². The van der Waals surface area contributed by atoms with Gasteiger partial charge < -0.3 is 0 Å². The summed E-state index contributed by atoms with van der Waals surface area (Å²) in [7, 11) is 0. The van der Waals surface area contributed by atoms with Crippen LogP contribution in [0.4, 0.5) is 0 Å². The molecule has 0 unspecified atom stereocenters. The second kappa shape index (κ2) is 12.6. The lowest BCUT2D eigenvalue weighted by Gasteiger charge is -2.20. The summed E-state index contributed by atoms with van der Waals surface area (Å²) < 4.78 is 4.67. The molecule has 5 nitrogen and oxygen atoms in total. The van der Waals surface area contributed by atoms with Gasteiger partial charge in [0, 0.05) is 37.1 Å². The number of hydrogen-bond acceptors (Lipinski definition) is 4. The van der Waals surface area contributed by atoms with Gasteiger partial charge >= 0.3 is 0 Å². The Kier molecular flexibility index (Phi) is 7.09. The Morgan fingerprint density at radius 1 is 0.386 bits per heavy atom. The van der Waals surface area contributed by atoms with Crippen LogP contribution >= 0.6 is 11.8 Å².